The van der Waals surface area contributed by atoms with Crippen molar-refractivity contribution in [2.45, 2.75) is 51.5 Å². The minimum absolute atomic E-state index is 0.0614. The number of para-hydroxylation sites is 2. The zero-order valence-corrected chi connectivity index (χ0v) is 26.1. The third-order valence-corrected chi connectivity index (χ3v) is 8.73. The standard InChI is InChI=1S/C36H47N5O2/c1-4-5-11-24-41-34-16-10-9-15-33(34)37-36(41)40-23-12-22-39(26-27-40)25-21-31(29-17-19-32(43-3)20-18-29)28-38(2)35(42)30-13-7-6-8-14-30/h6-10,13-20,31H,4-5,11-12,21-28H2,1-3H3. The van der Waals surface area contributed by atoms with Gasteiger partial charge >= 0.3 is 0 Å². The first-order chi connectivity index (χ1) is 21.1. The summed E-state index contributed by atoms with van der Waals surface area (Å²) in [6.45, 7) is 9.00. The van der Waals surface area contributed by atoms with E-state index in [9.17, 15) is 4.79 Å². The third-order valence-electron chi connectivity index (χ3n) is 8.73. The summed E-state index contributed by atoms with van der Waals surface area (Å²) in [6.07, 6.45) is 5.72. The van der Waals surface area contributed by atoms with Gasteiger partial charge in [-0.15, -0.1) is 0 Å². The van der Waals surface area contributed by atoms with Gasteiger partial charge in [0.05, 0.1) is 18.1 Å². The Balaban J connectivity index is 1.26. The summed E-state index contributed by atoms with van der Waals surface area (Å²) in [5, 5.41) is 0. The maximum Gasteiger partial charge on any atom is 0.253 e. The third kappa shape index (κ3) is 7.77. The van der Waals surface area contributed by atoms with Crippen LogP contribution in [0.3, 0.4) is 0 Å². The number of imidazole rings is 1. The van der Waals surface area contributed by atoms with E-state index >= 15 is 0 Å². The quantitative estimate of drug-likeness (QED) is 0.165. The van der Waals surface area contributed by atoms with Crippen molar-refractivity contribution in [1.82, 2.24) is 19.4 Å². The number of aromatic nitrogens is 2. The molecule has 4 aromatic rings. The number of fused-ring (bicyclic) bond motifs is 1. The number of carbonyl (C=O) groups is 1. The molecule has 0 saturated carbocycles. The smallest absolute Gasteiger partial charge is 0.253 e. The molecular formula is C36H47N5O2. The summed E-state index contributed by atoms with van der Waals surface area (Å²) in [7, 11) is 3.62. The number of methoxy groups -OCH3 is 1. The summed E-state index contributed by atoms with van der Waals surface area (Å²) >= 11 is 0. The van der Waals surface area contributed by atoms with Gasteiger partial charge in [0.25, 0.3) is 5.91 Å². The summed E-state index contributed by atoms with van der Waals surface area (Å²) in [5.74, 6) is 2.26. The van der Waals surface area contributed by atoms with E-state index < -0.39 is 0 Å². The Hall–Kier alpha value is -3.84. The number of hydrogen-bond acceptors (Lipinski definition) is 5. The highest BCUT2D eigenvalue weighted by Gasteiger charge is 2.23. The number of hydrogen-bond donors (Lipinski definition) is 0. The van der Waals surface area contributed by atoms with Crippen LogP contribution in [-0.4, -0.2) is 78.7 Å². The Labute approximate surface area is 257 Å². The van der Waals surface area contributed by atoms with E-state index in [2.05, 4.69) is 57.7 Å². The van der Waals surface area contributed by atoms with Crippen molar-refractivity contribution in [2.75, 3.05) is 58.3 Å². The second-order valence-electron chi connectivity index (χ2n) is 11.8. The van der Waals surface area contributed by atoms with E-state index in [0.29, 0.717) is 6.54 Å². The molecular weight excluding hydrogens is 534 g/mol. The van der Waals surface area contributed by atoms with Crippen molar-refractivity contribution < 1.29 is 9.53 Å². The van der Waals surface area contributed by atoms with E-state index in [0.717, 1.165) is 74.9 Å². The van der Waals surface area contributed by atoms with Crippen LogP contribution in [0.15, 0.2) is 78.9 Å². The molecule has 2 heterocycles. The molecule has 228 valence electrons. The molecule has 1 aromatic heterocycles. The Kier molecular flexibility index (Phi) is 10.7. The predicted octanol–water partition coefficient (Wildman–Crippen LogP) is 6.69. The zero-order chi connectivity index (χ0) is 30.0. The second-order valence-corrected chi connectivity index (χ2v) is 11.8. The molecule has 1 unspecified atom stereocenters. The minimum atomic E-state index is 0.0614. The van der Waals surface area contributed by atoms with Crippen LogP contribution in [0.1, 0.15) is 60.9 Å². The van der Waals surface area contributed by atoms with Crippen LogP contribution in [0.2, 0.25) is 0 Å². The number of nitrogens with zero attached hydrogens (tertiary/aromatic N) is 5. The lowest BCUT2D eigenvalue weighted by Gasteiger charge is -2.28. The Morgan fingerprint density at radius 2 is 1.67 bits per heavy atom. The lowest BCUT2D eigenvalue weighted by Crippen LogP contribution is -2.35. The van der Waals surface area contributed by atoms with Crippen LogP contribution in [0.25, 0.3) is 11.0 Å². The molecule has 1 fully saturated rings. The molecule has 0 aliphatic carbocycles. The van der Waals surface area contributed by atoms with Gasteiger partial charge in [0.2, 0.25) is 5.95 Å². The molecule has 5 rings (SSSR count). The summed E-state index contributed by atoms with van der Waals surface area (Å²) in [4.78, 5) is 25.3. The normalized spacial score (nSPS) is 14.9. The summed E-state index contributed by atoms with van der Waals surface area (Å²) in [6, 6.07) is 26.5. The Morgan fingerprint density at radius 1 is 0.907 bits per heavy atom. The Bertz CT molecular complexity index is 1440. The van der Waals surface area contributed by atoms with Gasteiger partial charge in [-0.1, -0.05) is 62.2 Å². The van der Waals surface area contributed by atoms with Gasteiger partial charge in [-0.3, -0.25) is 4.79 Å². The van der Waals surface area contributed by atoms with Gasteiger partial charge in [-0.2, -0.15) is 0 Å². The number of unbranched alkanes of at least 4 members (excludes halogenated alkanes) is 2. The first kappa shape index (κ1) is 30.6. The lowest BCUT2D eigenvalue weighted by molar-refractivity contribution is 0.0782. The molecule has 3 aromatic carbocycles. The predicted molar refractivity (Wildman–Crippen MR) is 176 cm³/mol. The number of rotatable bonds is 13. The number of likely N-dealkylation sites (N-methyl/N-ethyl adjacent to an activating group) is 1. The minimum Gasteiger partial charge on any atom is -0.497 e. The van der Waals surface area contributed by atoms with Crippen LogP contribution < -0.4 is 9.64 Å². The maximum absolute atomic E-state index is 13.2. The van der Waals surface area contributed by atoms with E-state index in [1.165, 1.54) is 30.3 Å². The van der Waals surface area contributed by atoms with Crippen molar-refractivity contribution in [3.63, 3.8) is 0 Å². The monoisotopic (exact) mass is 581 g/mol. The van der Waals surface area contributed by atoms with E-state index in [1.807, 2.05) is 54.4 Å². The fourth-order valence-electron chi connectivity index (χ4n) is 6.23. The highest BCUT2D eigenvalue weighted by Crippen LogP contribution is 2.27. The Morgan fingerprint density at radius 3 is 2.44 bits per heavy atom. The van der Waals surface area contributed by atoms with Crippen LogP contribution in [-0.2, 0) is 6.54 Å². The molecule has 0 N–H and O–H groups in total. The number of anilines is 1. The SMILES string of the molecule is CCCCCn1c(N2CCCN(CCC(CN(C)C(=O)c3ccccc3)c3ccc(OC)cc3)CC2)nc2ccccc21. The number of amides is 1. The van der Waals surface area contributed by atoms with Crippen molar-refractivity contribution in [1.29, 1.82) is 0 Å². The first-order valence-electron chi connectivity index (χ1n) is 15.9. The molecule has 1 aliphatic rings. The highest BCUT2D eigenvalue weighted by molar-refractivity contribution is 5.94. The summed E-state index contributed by atoms with van der Waals surface area (Å²) in [5.41, 5.74) is 4.30. The van der Waals surface area contributed by atoms with E-state index in [-0.39, 0.29) is 11.8 Å². The van der Waals surface area contributed by atoms with Gasteiger partial charge in [-0.05, 0) is 74.3 Å². The number of aryl methyl sites for hydroxylation is 1. The fraction of sp³-hybridized carbons (Fsp3) is 0.444. The molecule has 0 spiro atoms. The lowest BCUT2D eigenvalue weighted by atomic mass is 9.94. The molecule has 1 amide bonds. The number of ether oxygens (including phenoxy) is 1. The molecule has 7 nitrogen and oxygen atoms in total. The average Bonchev–Trinajstić information content (AvgIpc) is 3.25. The first-order valence-corrected chi connectivity index (χ1v) is 15.9. The fourth-order valence-corrected chi connectivity index (χ4v) is 6.23. The van der Waals surface area contributed by atoms with Gasteiger partial charge in [0, 0.05) is 51.3 Å². The largest absolute Gasteiger partial charge is 0.497 e. The van der Waals surface area contributed by atoms with Crippen molar-refractivity contribution in [3.05, 3.63) is 90.0 Å². The summed E-state index contributed by atoms with van der Waals surface area (Å²) < 4.78 is 7.86. The molecule has 1 atom stereocenters. The molecule has 1 saturated heterocycles. The van der Waals surface area contributed by atoms with Crippen LogP contribution in [0.5, 0.6) is 5.75 Å². The number of carbonyl (C=O) groups excluding carboxylic acids is 1. The van der Waals surface area contributed by atoms with Crippen molar-refractivity contribution in [2.24, 2.45) is 0 Å². The molecule has 43 heavy (non-hydrogen) atoms. The molecule has 7 heteroatoms. The topological polar surface area (TPSA) is 53.8 Å². The zero-order valence-electron chi connectivity index (χ0n) is 26.1. The van der Waals surface area contributed by atoms with Gasteiger partial charge in [0.15, 0.2) is 0 Å². The van der Waals surface area contributed by atoms with Crippen LogP contribution in [0, 0.1) is 0 Å². The van der Waals surface area contributed by atoms with Gasteiger partial charge < -0.3 is 24.0 Å². The second kappa shape index (κ2) is 15.1. The molecule has 0 bridgehead atoms. The maximum atomic E-state index is 13.2. The average molecular weight is 582 g/mol. The van der Waals surface area contributed by atoms with Crippen LogP contribution in [0.4, 0.5) is 5.95 Å². The van der Waals surface area contributed by atoms with Crippen LogP contribution >= 0.6 is 0 Å². The molecule has 1 aliphatic heterocycles. The van der Waals surface area contributed by atoms with Gasteiger partial charge in [-0.25, -0.2) is 4.98 Å². The molecule has 0 radical (unpaired) electrons. The van der Waals surface area contributed by atoms with E-state index in [1.54, 1.807) is 7.11 Å². The van der Waals surface area contributed by atoms with E-state index in [4.69, 9.17) is 9.72 Å². The van der Waals surface area contributed by atoms with Gasteiger partial charge in [0.1, 0.15) is 5.75 Å². The van der Waals surface area contributed by atoms with Crippen molar-refractivity contribution >= 4 is 22.9 Å². The number of benzene rings is 3. The van der Waals surface area contributed by atoms with Crippen molar-refractivity contribution in [3.8, 4) is 5.75 Å². The highest BCUT2D eigenvalue weighted by atomic mass is 16.5.